The summed E-state index contributed by atoms with van der Waals surface area (Å²) in [5, 5.41) is 3.34. The second kappa shape index (κ2) is 4.83. The normalized spacial score (nSPS) is 23.8. The van der Waals surface area contributed by atoms with Crippen molar-refractivity contribution >= 4 is 6.08 Å². The van der Waals surface area contributed by atoms with Gasteiger partial charge in [0.15, 0.2) is 0 Å². The maximum Gasteiger partial charge on any atom is 0.239 e. The molecule has 1 fully saturated rings. The number of hydrogen-bond donors (Lipinski definition) is 1. The van der Waals surface area contributed by atoms with Gasteiger partial charge in [0.25, 0.3) is 0 Å². The van der Waals surface area contributed by atoms with E-state index in [9.17, 15) is 4.79 Å². The summed E-state index contributed by atoms with van der Waals surface area (Å²) in [6.07, 6.45) is 8.32. The molecule has 0 aromatic carbocycles. The van der Waals surface area contributed by atoms with Crippen molar-refractivity contribution in [1.29, 1.82) is 0 Å². The van der Waals surface area contributed by atoms with Crippen LogP contribution in [0, 0.1) is 0 Å². The number of carbonyl (C=O) groups excluding carboxylic acids is 1. The van der Waals surface area contributed by atoms with Crippen molar-refractivity contribution in [3.8, 4) is 0 Å². The van der Waals surface area contributed by atoms with Crippen LogP contribution < -0.4 is 5.32 Å². The summed E-state index contributed by atoms with van der Waals surface area (Å²) in [7, 11) is 0. The van der Waals surface area contributed by atoms with E-state index in [2.05, 4.69) is 10.3 Å². The maximum absolute atomic E-state index is 9.64. The van der Waals surface area contributed by atoms with Crippen molar-refractivity contribution in [3.63, 3.8) is 0 Å². The van der Waals surface area contributed by atoms with E-state index in [0.29, 0.717) is 6.04 Å². The van der Waals surface area contributed by atoms with Crippen LogP contribution in [-0.4, -0.2) is 18.7 Å². The molecule has 0 saturated carbocycles. The quantitative estimate of drug-likeness (QED) is 0.483. The minimum atomic E-state index is 0.591. The van der Waals surface area contributed by atoms with E-state index >= 15 is 0 Å². The van der Waals surface area contributed by atoms with E-state index in [-0.39, 0.29) is 0 Å². The lowest BCUT2D eigenvalue weighted by Gasteiger charge is -2.03. The predicted octanol–water partition coefficient (Wildman–Crippen LogP) is 0.978. The molecular weight excluding hydrogens is 140 g/mol. The minimum absolute atomic E-state index is 0.591. The van der Waals surface area contributed by atoms with Gasteiger partial charge in [0.2, 0.25) is 6.08 Å². The Labute approximate surface area is 66.2 Å². The molecule has 60 valence electrons. The molecule has 1 heterocycles. The standard InChI is InChI=1S/C8H12N2O/c11-7-9-5-1-3-8-4-2-6-10-8/h1,5,8,10H,2-4,6H2/b5-1-. The lowest BCUT2D eigenvalue weighted by atomic mass is 10.1. The topological polar surface area (TPSA) is 41.5 Å². The Hall–Kier alpha value is -0.920. The molecule has 1 unspecified atom stereocenters. The largest absolute Gasteiger partial charge is 0.314 e. The van der Waals surface area contributed by atoms with E-state index in [4.69, 9.17) is 0 Å². The summed E-state index contributed by atoms with van der Waals surface area (Å²) >= 11 is 0. The van der Waals surface area contributed by atoms with Gasteiger partial charge >= 0.3 is 0 Å². The van der Waals surface area contributed by atoms with Crippen LogP contribution in [0.15, 0.2) is 17.3 Å². The molecule has 3 heteroatoms. The van der Waals surface area contributed by atoms with Crippen molar-refractivity contribution in [1.82, 2.24) is 5.32 Å². The van der Waals surface area contributed by atoms with Crippen LogP contribution in [0.3, 0.4) is 0 Å². The zero-order valence-corrected chi connectivity index (χ0v) is 6.42. The van der Waals surface area contributed by atoms with Gasteiger partial charge in [-0.2, -0.15) is 4.99 Å². The monoisotopic (exact) mass is 152 g/mol. The zero-order chi connectivity index (χ0) is 7.94. The molecule has 1 aliphatic rings. The van der Waals surface area contributed by atoms with Crippen molar-refractivity contribution in [2.24, 2.45) is 4.99 Å². The molecule has 0 aromatic heterocycles. The maximum atomic E-state index is 9.64. The summed E-state index contributed by atoms with van der Waals surface area (Å²) in [6, 6.07) is 0.591. The predicted molar refractivity (Wildman–Crippen MR) is 42.9 cm³/mol. The van der Waals surface area contributed by atoms with Crippen LogP contribution in [-0.2, 0) is 4.79 Å². The van der Waals surface area contributed by atoms with Gasteiger partial charge in [0.05, 0.1) is 0 Å². The number of aliphatic imine (C=N–C) groups is 1. The molecule has 1 atom stereocenters. The first-order valence-electron chi connectivity index (χ1n) is 3.89. The summed E-state index contributed by atoms with van der Waals surface area (Å²) in [5.74, 6) is 0. The highest BCUT2D eigenvalue weighted by Gasteiger charge is 2.10. The van der Waals surface area contributed by atoms with Crippen LogP contribution in [0.1, 0.15) is 19.3 Å². The molecule has 1 N–H and O–H groups in total. The van der Waals surface area contributed by atoms with Crippen molar-refractivity contribution in [3.05, 3.63) is 12.3 Å². The van der Waals surface area contributed by atoms with E-state index in [1.807, 2.05) is 6.08 Å². The second-order valence-corrected chi connectivity index (χ2v) is 2.63. The molecule has 1 aliphatic heterocycles. The van der Waals surface area contributed by atoms with Gasteiger partial charge in [0.1, 0.15) is 0 Å². The second-order valence-electron chi connectivity index (χ2n) is 2.63. The summed E-state index contributed by atoms with van der Waals surface area (Å²) < 4.78 is 0. The molecule has 0 radical (unpaired) electrons. The van der Waals surface area contributed by atoms with Crippen LogP contribution in [0.2, 0.25) is 0 Å². The first-order valence-corrected chi connectivity index (χ1v) is 3.89. The Kier molecular flexibility index (Phi) is 3.59. The van der Waals surface area contributed by atoms with E-state index in [0.717, 1.165) is 13.0 Å². The van der Waals surface area contributed by atoms with Gasteiger partial charge in [-0.1, -0.05) is 6.08 Å². The SMILES string of the molecule is O=C=N/C=C\CC1CCCN1. The Morgan fingerprint density at radius 2 is 2.64 bits per heavy atom. The minimum Gasteiger partial charge on any atom is -0.314 e. The average Bonchev–Trinajstić information content (AvgIpc) is 2.50. The van der Waals surface area contributed by atoms with Crippen LogP contribution in [0.25, 0.3) is 0 Å². The van der Waals surface area contributed by atoms with Gasteiger partial charge in [-0.15, -0.1) is 0 Å². The Bertz CT molecular complexity index is 177. The number of isocyanates is 1. The van der Waals surface area contributed by atoms with Crippen LogP contribution in [0.4, 0.5) is 0 Å². The lowest BCUT2D eigenvalue weighted by Crippen LogP contribution is -2.19. The Morgan fingerprint density at radius 3 is 3.27 bits per heavy atom. The third-order valence-electron chi connectivity index (χ3n) is 1.82. The molecule has 1 rings (SSSR count). The molecule has 0 bridgehead atoms. The first-order chi connectivity index (χ1) is 5.43. The summed E-state index contributed by atoms with van der Waals surface area (Å²) in [5.41, 5.74) is 0. The fourth-order valence-corrected chi connectivity index (χ4v) is 1.27. The zero-order valence-electron chi connectivity index (χ0n) is 6.42. The van der Waals surface area contributed by atoms with Gasteiger partial charge < -0.3 is 5.32 Å². The van der Waals surface area contributed by atoms with Crippen molar-refractivity contribution in [2.75, 3.05) is 6.54 Å². The number of rotatable bonds is 3. The lowest BCUT2D eigenvalue weighted by molar-refractivity contribution is 0.565. The fraction of sp³-hybridized carbons (Fsp3) is 0.625. The molecular formula is C8H12N2O. The van der Waals surface area contributed by atoms with Gasteiger partial charge in [-0.05, 0) is 25.8 Å². The molecule has 0 spiro atoms. The third-order valence-corrected chi connectivity index (χ3v) is 1.82. The van der Waals surface area contributed by atoms with Gasteiger partial charge in [-0.3, -0.25) is 0 Å². The number of nitrogens with one attached hydrogen (secondary N) is 1. The van der Waals surface area contributed by atoms with E-state index in [1.54, 1.807) is 0 Å². The van der Waals surface area contributed by atoms with E-state index < -0.39 is 0 Å². The van der Waals surface area contributed by atoms with Gasteiger partial charge in [0, 0.05) is 12.2 Å². The highest BCUT2D eigenvalue weighted by molar-refractivity contribution is 5.34. The Morgan fingerprint density at radius 1 is 1.73 bits per heavy atom. The van der Waals surface area contributed by atoms with Crippen molar-refractivity contribution in [2.45, 2.75) is 25.3 Å². The van der Waals surface area contributed by atoms with Crippen LogP contribution in [0.5, 0.6) is 0 Å². The summed E-state index contributed by atoms with van der Waals surface area (Å²) in [6.45, 7) is 1.12. The molecule has 11 heavy (non-hydrogen) atoms. The molecule has 0 amide bonds. The fourth-order valence-electron chi connectivity index (χ4n) is 1.27. The highest BCUT2D eigenvalue weighted by Crippen LogP contribution is 2.08. The highest BCUT2D eigenvalue weighted by atomic mass is 16.1. The summed E-state index contributed by atoms with van der Waals surface area (Å²) in [4.78, 5) is 13.0. The third kappa shape index (κ3) is 3.12. The average molecular weight is 152 g/mol. The van der Waals surface area contributed by atoms with Crippen LogP contribution >= 0.6 is 0 Å². The van der Waals surface area contributed by atoms with Gasteiger partial charge in [-0.25, -0.2) is 4.79 Å². The first kappa shape index (κ1) is 8.18. The molecule has 0 aromatic rings. The molecule has 0 aliphatic carbocycles. The molecule has 3 nitrogen and oxygen atoms in total. The molecule has 1 saturated heterocycles. The van der Waals surface area contributed by atoms with E-state index in [1.165, 1.54) is 25.1 Å². The Balaban J connectivity index is 2.15. The van der Waals surface area contributed by atoms with Crippen molar-refractivity contribution < 1.29 is 4.79 Å². The smallest absolute Gasteiger partial charge is 0.239 e. The number of hydrogen-bond acceptors (Lipinski definition) is 3. The number of nitrogens with zero attached hydrogens (tertiary/aromatic N) is 1.